The fourth-order valence-electron chi connectivity index (χ4n) is 2.37. The molecule has 2 rings (SSSR count). The van der Waals surface area contributed by atoms with E-state index in [-0.39, 0.29) is 5.78 Å². The number of carbonyl (C=O) groups excluding carboxylic acids is 1. The second-order valence-electron chi connectivity index (χ2n) is 4.79. The molecule has 1 aromatic carbocycles. The Morgan fingerprint density at radius 3 is 2.94 bits per heavy atom. The molecule has 1 aliphatic rings. The van der Waals surface area contributed by atoms with E-state index < -0.39 is 5.41 Å². The van der Waals surface area contributed by atoms with Crippen molar-refractivity contribution in [2.75, 3.05) is 7.11 Å². The zero-order valence-electron chi connectivity index (χ0n) is 10.2. The van der Waals surface area contributed by atoms with Gasteiger partial charge in [0.1, 0.15) is 5.75 Å². The van der Waals surface area contributed by atoms with Crippen LogP contribution in [-0.2, 0) is 6.42 Å². The molecule has 0 aliphatic heterocycles. The first-order valence-corrected chi connectivity index (χ1v) is 5.76. The highest BCUT2D eigenvalue weighted by atomic mass is 16.5. The van der Waals surface area contributed by atoms with Crippen LogP contribution in [0.2, 0.25) is 0 Å². The molecule has 88 valence electrons. The van der Waals surface area contributed by atoms with Crippen molar-refractivity contribution in [2.24, 2.45) is 5.41 Å². The van der Waals surface area contributed by atoms with Gasteiger partial charge in [-0.2, -0.15) is 0 Å². The number of ketones is 1. The average Bonchev–Trinajstić information content (AvgIpc) is 2.34. The zero-order chi connectivity index (χ0) is 12.5. The van der Waals surface area contributed by atoms with Crippen LogP contribution in [0.15, 0.2) is 18.2 Å². The lowest BCUT2D eigenvalue weighted by atomic mass is 9.70. The molecule has 0 heterocycles. The van der Waals surface area contributed by atoms with Gasteiger partial charge < -0.3 is 4.74 Å². The third kappa shape index (κ3) is 1.93. The lowest BCUT2D eigenvalue weighted by Gasteiger charge is -2.31. The molecule has 0 radical (unpaired) electrons. The average molecular weight is 228 g/mol. The Hall–Kier alpha value is -1.75. The number of methoxy groups -OCH3 is 1. The number of hydrogen-bond donors (Lipinski definition) is 0. The first kappa shape index (κ1) is 11.7. The monoisotopic (exact) mass is 228 g/mol. The minimum atomic E-state index is -0.393. The second-order valence-corrected chi connectivity index (χ2v) is 4.79. The standard InChI is InChI=1S/C15H16O2/c1-4-8-15(2)9-7-11-10-12(17-3)5-6-13(11)14(15)16/h1,5-6,10H,7-9H2,2-3H3/t15-/m0/s1. The summed E-state index contributed by atoms with van der Waals surface area (Å²) in [5.74, 6) is 3.59. The lowest BCUT2D eigenvalue weighted by Crippen LogP contribution is -2.33. The summed E-state index contributed by atoms with van der Waals surface area (Å²) in [5, 5.41) is 0. The second kappa shape index (κ2) is 4.25. The van der Waals surface area contributed by atoms with Gasteiger partial charge in [-0.3, -0.25) is 4.79 Å². The van der Waals surface area contributed by atoms with Gasteiger partial charge >= 0.3 is 0 Å². The van der Waals surface area contributed by atoms with Gasteiger partial charge in [0.2, 0.25) is 0 Å². The maximum atomic E-state index is 12.4. The van der Waals surface area contributed by atoms with Crippen LogP contribution in [0.4, 0.5) is 0 Å². The van der Waals surface area contributed by atoms with Crippen LogP contribution < -0.4 is 4.74 Å². The van der Waals surface area contributed by atoms with Crippen LogP contribution in [0.25, 0.3) is 0 Å². The molecule has 1 aromatic rings. The number of fused-ring (bicyclic) bond motifs is 1. The van der Waals surface area contributed by atoms with Gasteiger partial charge in [-0.05, 0) is 36.6 Å². The molecule has 17 heavy (non-hydrogen) atoms. The molecule has 2 heteroatoms. The smallest absolute Gasteiger partial charge is 0.169 e. The van der Waals surface area contributed by atoms with Crippen molar-refractivity contribution in [3.8, 4) is 18.1 Å². The normalized spacial score (nSPS) is 22.8. The summed E-state index contributed by atoms with van der Waals surface area (Å²) in [6.45, 7) is 1.96. The Kier molecular flexibility index (Phi) is 2.93. The summed E-state index contributed by atoms with van der Waals surface area (Å²) in [6.07, 6.45) is 7.56. The molecule has 0 unspecified atom stereocenters. The number of hydrogen-bond acceptors (Lipinski definition) is 2. The van der Waals surface area contributed by atoms with Crippen LogP contribution in [0.3, 0.4) is 0 Å². The fourth-order valence-corrected chi connectivity index (χ4v) is 2.37. The van der Waals surface area contributed by atoms with Crippen LogP contribution >= 0.6 is 0 Å². The molecule has 2 nitrogen and oxygen atoms in total. The number of terminal acetylenes is 1. The van der Waals surface area contributed by atoms with Crippen molar-refractivity contribution in [2.45, 2.75) is 26.2 Å². The van der Waals surface area contributed by atoms with Crippen LogP contribution in [-0.4, -0.2) is 12.9 Å². The molecule has 0 spiro atoms. The topological polar surface area (TPSA) is 26.3 Å². The van der Waals surface area contributed by atoms with Gasteiger partial charge in [0.05, 0.1) is 7.11 Å². The highest BCUT2D eigenvalue weighted by Crippen LogP contribution is 2.38. The highest BCUT2D eigenvalue weighted by Gasteiger charge is 2.37. The molecule has 0 aromatic heterocycles. The fraction of sp³-hybridized carbons (Fsp3) is 0.400. The van der Waals surface area contributed by atoms with Crippen LogP contribution in [0.5, 0.6) is 5.75 Å². The number of ether oxygens (including phenoxy) is 1. The van der Waals surface area contributed by atoms with E-state index in [2.05, 4.69) is 5.92 Å². The third-order valence-electron chi connectivity index (χ3n) is 3.54. The number of aryl methyl sites for hydroxylation is 1. The molecule has 0 amide bonds. The lowest BCUT2D eigenvalue weighted by molar-refractivity contribution is 0.0791. The Bertz CT molecular complexity index is 496. The van der Waals surface area contributed by atoms with Gasteiger partial charge in [-0.25, -0.2) is 0 Å². The van der Waals surface area contributed by atoms with Crippen molar-refractivity contribution < 1.29 is 9.53 Å². The SMILES string of the molecule is C#CC[C@@]1(C)CCc2cc(OC)ccc2C1=O. The molecule has 0 bridgehead atoms. The van der Waals surface area contributed by atoms with Crippen molar-refractivity contribution in [3.63, 3.8) is 0 Å². The van der Waals surface area contributed by atoms with E-state index in [4.69, 9.17) is 11.2 Å². The summed E-state index contributed by atoms with van der Waals surface area (Å²) in [4.78, 5) is 12.4. The Balaban J connectivity index is 2.41. The quantitative estimate of drug-likeness (QED) is 0.727. The van der Waals surface area contributed by atoms with E-state index in [9.17, 15) is 4.79 Å². The van der Waals surface area contributed by atoms with Crippen molar-refractivity contribution in [1.82, 2.24) is 0 Å². The maximum Gasteiger partial charge on any atom is 0.169 e. The first-order valence-electron chi connectivity index (χ1n) is 5.76. The number of benzene rings is 1. The number of rotatable bonds is 2. The minimum absolute atomic E-state index is 0.166. The molecule has 0 saturated heterocycles. The predicted molar refractivity (Wildman–Crippen MR) is 67.2 cm³/mol. The van der Waals surface area contributed by atoms with E-state index in [1.807, 2.05) is 25.1 Å². The molecule has 1 aliphatic carbocycles. The molecular weight excluding hydrogens is 212 g/mol. The summed E-state index contributed by atoms with van der Waals surface area (Å²) < 4.78 is 5.17. The number of Topliss-reactive ketones (excluding diaryl/α,β-unsaturated/α-hetero) is 1. The van der Waals surface area contributed by atoms with E-state index in [0.29, 0.717) is 6.42 Å². The molecular formula is C15H16O2. The zero-order valence-corrected chi connectivity index (χ0v) is 10.2. The van der Waals surface area contributed by atoms with E-state index in [1.54, 1.807) is 7.11 Å². The Labute approximate surface area is 102 Å². The van der Waals surface area contributed by atoms with Crippen molar-refractivity contribution in [3.05, 3.63) is 29.3 Å². The van der Waals surface area contributed by atoms with Gasteiger partial charge in [-0.15, -0.1) is 12.3 Å². The predicted octanol–water partition coefficient (Wildman–Crippen LogP) is 2.85. The molecule has 1 atom stereocenters. The Morgan fingerprint density at radius 2 is 2.29 bits per heavy atom. The van der Waals surface area contributed by atoms with Crippen LogP contribution in [0, 0.1) is 17.8 Å². The van der Waals surface area contributed by atoms with Crippen molar-refractivity contribution in [1.29, 1.82) is 0 Å². The molecule has 0 N–H and O–H groups in total. The highest BCUT2D eigenvalue weighted by molar-refractivity contribution is 6.02. The van der Waals surface area contributed by atoms with E-state index in [1.165, 1.54) is 0 Å². The van der Waals surface area contributed by atoms with Gasteiger partial charge in [0.25, 0.3) is 0 Å². The minimum Gasteiger partial charge on any atom is -0.497 e. The van der Waals surface area contributed by atoms with Gasteiger partial charge in [0.15, 0.2) is 5.78 Å². The third-order valence-corrected chi connectivity index (χ3v) is 3.54. The number of carbonyl (C=O) groups is 1. The van der Waals surface area contributed by atoms with Crippen molar-refractivity contribution >= 4 is 5.78 Å². The van der Waals surface area contributed by atoms with Gasteiger partial charge in [0, 0.05) is 17.4 Å². The first-order chi connectivity index (χ1) is 8.10. The van der Waals surface area contributed by atoms with E-state index >= 15 is 0 Å². The summed E-state index contributed by atoms with van der Waals surface area (Å²) >= 11 is 0. The Morgan fingerprint density at radius 1 is 1.53 bits per heavy atom. The summed E-state index contributed by atoms with van der Waals surface area (Å²) in [7, 11) is 1.63. The molecule has 0 fully saturated rings. The summed E-state index contributed by atoms with van der Waals surface area (Å²) in [5.41, 5.74) is 1.48. The van der Waals surface area contributed by atoms with Gasteiger partial charge in [-0.1, -0.05) is 6.92 Å². The van der Waals surface area contributed by atoms with E-state index in [0.717, 1.165) is 29.7 Å². The molecule has 0 saturated carbocycles. The summed E-state index contributed by atoms with van der Waals surface area (Å²) in [6, 6.07) is 5.63. The van der Waals surface area contributed by atoms with Crippen LogP contribution in [0.1, 0.15) is 35.7 Å². The largest absolute Gasteiger partial charge is 0.497 e. The maximum absolute atomic E-state index is 12.4.